The topological polar surface area (TPSA) is 20.2 Å². The summed E-state index contributed by atoms with van der Waals surface area (Å²) < 4.78 is 0. The van der Waals surface area contributed by atoms with Crippen molar-refractivity contribution in [1.29, 1.82) is 0 Å². The van der Waals surface area contributed by atoms with E-state index in [1.54, 1.807) is 0 Å². The van der Waals surface area contributed by atoms with Gasteiger partial charge in [-0.1, -0.05) is 32.3 Å². The first kappa shape index (κ1) is 10.3. The van der Waals surface area contributed by atoms with Crippen LogP contribution in [-0.2, 0) is 0 Å². The van der Waals surface area contributed by atoms with Gasteiger partial charge in [0.15, 0.2) is 0 Å². The van der Waals surface area contributed by atoms with E-state index in [4.69, 9.17) is 6.42 Å². The van der Waals surface area contributed by atoms with Gasteiger partial charge in [-0.2, -0.15) is 0 Å². The van der Waals surface area contributed by atoms with Crippen LogP contribution >= 0.6 is 0 Å². The molecule has 0 amide bonds. The third kappa shape index (κ3) is 3.85. The van der Waals surface area contributed by atoms with E-state index in [1.807, 2.05) is 0 Å². The van der Waals surface area contributed by atoms with Crippen molar-refractivity contribution in [2.75, 3.05) is 0 Å². The Labute approximate surface area is 69.1 Å². The molecule has 0 aliphatic heterocycles. The van der Waals surface area contributed by atoms with Gasteiger partial charge in [0.2, 0.25) is 0 Å². The monoisotopic (exact) mass is 152 g/mol. The van der Waals surface area contributed by atoms with Gasteiger partial charge in [0, 0.05) is 0 Å². The Morgan fingerprint density at radius 2 is 2.27 bits per heavy atom. The molecule has 0 aliphatic rings. The van der Waals surface area contributed by atoms with Crippen molar-refractivity contribution >= 4 is 0 Å². The molecule has 1 nitrogen and oxygen atoms in total. The molecule has 0 radical (unpaired) electrons. The first-order valence-electron chi connectivity index (χ1n) is 4.02. The predicted octanol–water partition coefficient (Wildman–Crippen LogP) is 2.12. The third-order valence-electron chi connectivity index (χ3n) is 1.75. The summed E-state index contributed by atoms with van der Waals surface area (Å²) in [4.78, 5) is 0. The lowest BCUT2D eigenvalue weighted by molar-refractivity contribution is 0.139. The van der Waals surface area contributed by atoms with E-state index in [2.05, 4.69) is 19.4 Å². The van der Waals surface area contributed by atoms with Gasteiger partial charge in [-0.25, -0.2) is 0 Å². The quantitative estimate of drug-likeness (QED) is 0.363. The Morgan fingerprint density at radius 1 is 1.64 bits per heavy atom. The molecule has 0 aromatic rings. The molecule has 0 aliphatic carbocycles. The zero-order valence-electron chi connectivity index (χ0n) is 7.14. The molecule has 0 saturated carbocycles. The number of aliphatic hydroxyl groups is 1. The first-order valence-corrected chi connectivity index (χ1v) is 4.02. The van der Waals surface area contributed by atoms with Crippen LogP contribution in [0.1, 0.15) is 32.6 Å². The van der Waals surface area contributed by atoms with Crippen LogP contribution < -0.4 is 0 Å². The van der Waals surface area contributed by atoms with Crippen LogP contribution in [-0.4, -0.2) is 10.7 Å². The number of rotatable bonds is 5. The van der Waals surface area contributed by atoms with E-state index in [9.17, 15) is 5.11 Å². The summed E-state index contributed by atoms with van der Waals surface area (Å²) in [5, 5.41) is 9.50. The molecule has 0 spiro atoms. The van der Waals surface area contributed by atoms with Crippen molar-refractivity contribution in [3.05, 3.63) is 12.7 Å². The standard InChI is InChI=1S/C10H16O/c1-4-7-8-9-10(11,5-2)6-3/h2,6,11H,3-4,7-9H2,1H3. The Hall–Kier alpha value is -0.740. The fraction of sp³-hybridized carbons (Fsp3) is 0.600. The molecular weight excluding hydrogens is 136 g/mol. The number of unbranched alkanes of at least 4 members (excludes halogenated alkanes) is 2. The maximum Gasteiger partial charge on any atom is 0.143 e. The summed E-state index contributed by atoms with van der Waals surface area (Å²) in [6, 6.07) is 0. The first-order chi connectivity index (χ1) is 5.18. The third-order valence-corrected chi connectivity index (χ3v) is 1.75. The Kier molecular flexibility index (Phi) is 4.65. The fourth-order valence-electron chi connectivity index (χ4n) is 0.878. The van der Waals surface area contributed by atoms with Gasteiger partial charge in [-0.3, -0.25) is 0 Å². The predicted molar refractivity (Wildman–Crippen MR) is 48.1 cm³/mol. The van der Waals surface area contributed by atoms with Crippen molar-refractivity contribution in [2.24, 2.45) is 0 Å². The van der Waals surface area contributed by atoms with Gasteiger partial charge < -0.3 is 5.11 Å². The lowest BCUT2D eigenvalue weighted by Crippen LogP contribution is -2.22. The van der Waals surface area contributed by atoms with Gasteiger partial charge in [-0.05, 0) is 18.9 Å². The Morgan fingerprint density at radius 3 is 2.64 bits per heavy atom. The van der Waals surface area contributed by atoms with Crippen LogP contribution in [0, 0.1) is 12.3 Å². The summed E-state index contributed by atoms with van der Waals surface area (Å²) in [5.41, 5.74) is -1.07. The highest BCUT2D eigenvalue weighted by molar-refractivity contribution is 5.16. The molecule has 11 heavy (non-hydrogen) atoms. The van der Waals surface area contributed by atoms with Gasteiger partial charge in [0.25, 0.3) is 0 Å². The molecule has 1 N–H and O–H groups in total. The summed E-state index contributed by atoms with van der Waals surface area (Å²) in [7, 11) is 0. The molecule has 0 aromatic carbocycles. The lowest BCUT2D eigenvalue weighted by atomic mass is 9.97. The molecule has 62 valence electrons. The minimum atomic E-state index is -1.07. The van der Waals surface area contributed by atoms with E-state index < -0.39 is 5.60 Å². The fourth-order valence-corrected chi connectivity index (χ4v) is 0.878. The second kappa shape index (κ2) is 4.98. The average molecular weight is 152 g/mol. The van der Waals surface area contributed by atoms with E-state index in [1.165, 1.54) is 6.08 Å². The molecule has 0 fully saturated rings. The van der Waals surface area contributed by atoms with Gasteiger partial charge in [-0.15, -0.1) is 6.42 Å². The van der Waals surface area contributed by atoms with Crippen LogP contribution in [0.4, 0.5) is 0 Å². The second-order valence-electron chi connectivity index (χ2n) is 2.73. The van der Waals surface area contributed by atoms with E-state index in [0.29, 0.717) is 6.42 Å². The molecular formula is C10H16O. The van der Waals surface area contributed by atoms with Crippen molar-refractivity contribution in [1.82, 2.24) is 0 Å². The SMILES string of the molecule is C#CC(O)(C=C)CCCCC. The largest absolute Gasteiger partial charge is 0.374 e. The summed E-state index contributed by atoms with van der Waals surface area (Å²) in [6.45, 7) is 5.60. The molecule has 0 saturated heterocycles. The molecule has 0 heterocycles. The van der Waals surface area contributed by atoms with E-state index >= 15 is 0 Å². The van der Waals surface area contributed by atoms with Gasteiger partial charge in [0.05, 0.1) is 0 Å². The van der Waals surface area contributed by atoms with Crippen molar-refractivity contribution in [2.45, 2.75) is 38.2 Å². The zero-order chi connectivity index (χ0) is 8.74. The second-order valence-corrected chi connectivity index (χ2v) is 2.73. The maximum absolute atomic E-state index is 9.50. The minimum absolute atomic E-state index is 0.626. The van der Waals surface area contributed by atoms with E-state index in [-0.39, 0.29) is 0 Å². The lowest BCUT2D eigenvalue weighted by Gasteiger charge is -2.16. The number of hydrogen-bond donors (Lipinski definition) is 1. The average Bonchev–Trinajstić information content (AvgIpc) is 2.05. The smallest absolute Gasteiger partial charge is 0.143 e. The van der Waals surface area contributed by atoms with Crippen molar-refractivity contribution in [3.8, 4) is 12.3 Å². The van der Waals surface area contributed by atoms with Gasteiger partial charge >= 0.3 is 0 Å². The van der Waals surface area contributed by atoms with Crippen LogP contribution in [0.2, 0.25) is 0 Å². The van der Waals surface area contributed by atoms with Crippen molar-refractivity contribution in [3.63, 3.8) is 0 Å². The Bertz CT molecular complexity index is 155. The van der Waals surface area contributed by atoms with Crippen LogP contribution in [0.25, 0.3) is 0 Å². The molecule has 0 aromatic heterocycles. The summed E-state index contributed by atoms with van der Waals surface area (Å²) in [5.74, 6) is 2.32. The number of terminal acetylenes is 1. The maximum atomic E-state index is 9.50. The highest BCUT2D eigenvalue weighted by Crippen LogP contribution is 2.14. The van der Waals surface area contributed by atoms with E-state index in [0.717, 1.165) is 19.3 Å². The zero-order valence-corrected chi connectivity index (χ0v) is 7.14. The summed E-state index contributed by atoms with van der Waals surface area (Å²) in [6.07, 6.45) is 10.4. The normalized spacial score (nSPS) is 15.0. The Balaban J connectivity index is 3.72. The highest BCUT2D eigenvalue weighted by atomic mass is 16.3. The van der Waals surface area contributed by atoms with Gasteiger partial charge in [0.1, 0.15) is 5.60 Å². The minimum Gasteiger partial charge on any atom is -0.374 e. The van der Waals surface area contributed by atoms with Crippen LogP contribution in [0.5, 0.6) is 0 Å². The summed E-state index contributed by atoms with van der Waals surface area (Å²) >= 11 is 0. The molecule has 1 atom stereocenters. The highest BCUT2D eigenvalue weighted by Gasteiger charge is 2.17. The molecule has 0 rings (SSSR count). The molecule has 1 unspecified atom stereocenters. The van der Waals surface area contributed by atoms with Crippen LogP contribution in [0.3, 0.4) is 0 Å². The molecule has 1 heteroatoms. The van der Waals surface area contributed by atoms with Crippen LogP contribution in [0.15, 0.2) is 12.7 Å². The molecule has 0 bridgehead atoms. The number of hydrogen-bond acceptors (Lipinski definition) is 1. The van der Waals surface area contributed by atoms with Crippen molar-refractivity contribution < 1.29 is 5.11 Å².